The first-order valence-corrected chi connectivity index (χ1v) is 8.64. The van der Waals surface area contributed by atoms with Gasteiger partial charge < -0.3 is 9.80 Å². The van der Waals surface area contributed by atoms with Gasteiger partial charge in [0.15, 0.2) is 0 Å². The van der Waals surface area contributed by atoms with Gasteiger partial charge in [0.05, 0.1) is 11.4 Å². The van der Waals surface area contributed by atoms with E-state index in [0.717, 1.165) is 17.0 Å². The van der Waals surface area contributed by atoms with E-state index in [0.29, 0.717) is 5.69 Å². The van der Waals surface area contributed by atoms with Crippen LogP contribution in [0.1, 0.15) is 5.56 Å². The Bertz CT molecular complexity index is 828. The van der Waals surface area contributed by atoms with Gasteiger partial charge in [-0.25, -0.2) is 8.78 Å². The van der Waals surface area contributed by atoms with E-state index in [2.05, 4.69) is 0 Å². The molecular formula is C18H16F2N2O2S. The van der Waals surface area contributed by atoms with Crippen LogP contribution < -0.4 is 4.90 Å². The molecule has 0 aliphatic carbocycles. The molecule has 1 heterocycles. The molecule has 0 atom stereocenters. The summed E-state index contributed by atoms with van der Waals surface area (Å²) in [7, 11) is 1.53. The first-order chi connectivity index (χ1) is 12.0. The van der Waals surface area contributed by atoms with Crippen LogP contribution in [0.5, 0.6) is 0 Å². The predicted molar refractivity (Wildman–Crippen MR) is 92.4 cm³/mol. The quantitative estimate of drug-likeness (QED) is 0.839. The number of fused-ring (bicyclic) bond motifs is 1. The van der Waals surface area contributed by atoms with Gasteiger partial charge in [-0.05, 0) is 18.2 Å². The van der Waals surface area contributed by atoms with Gasteiger partial charge in [-0.15, -0.1) is 11.8 Å². The van der Waals surface area contributed by atoms with Gasteiger partial charge in [0, 0.05) is 30.1 Å². The van der Waals surface area contributed by atoms with Crippen molar-refractivity contribution in [3.63, 3.8) is 0 Å². The molecular weight excluding hydrogens is 346 g/mol. The first kappa shape index (κ1) is 17.4. The van der Waals surface area contributed by atoms with E-state index in [1.807, 2.05) is 18.2 Å². The van der Waals surface area contributed by atoms with Crippen molar-refractivity contribution in [3.05, 3.63) is 59.7 Å². The summed E-state index contributed by atoms with van der Waals surface area (Å²) in [5.41, 5.74) is 0.927. The lowest BCUT2D eigenvalue weighted by Gasteiger charge is -2.30. The van der Waals surface area contributed by atoms with Crippen molar-refractivity contribution in [1.29, 1.82) is 0 Å². The summed E-state index contributed by atoms with van der Waals surface area (Å²) in [6.45, 7) is -0.112. The molecule has 130 valence electrons. The number of para-hydroxylation sites is 1. The summed E-state index contributed by atoms with van der Waals surface area (Å²) in [4.78, 5) is 28.4. The van der Waals surface area contributed by atoms with Crippen LogP contribution >= 0.6 is 11.8 Å². The van der Waals surface area contributed by atoms with E-state index in [1.165, 1.54) is 34.7 Å². The summed E-state index contributed by atoms with van der Waals surface area (Å²) in [6, 6.07) is 10.6. The second-order valence-electron chi connectivity index (χ2n) is 5.72. The SMILES string of the molecule is CN(Cc1ccc(F)cc1F)C(=O)CN1C(=O)CSc2ccccc21. The molecule has 0 aromatic heterocycles. The van der Waals surface area contributed by atoms with Crippen LogP contribution in [0.4, 0.5) is 14.5 Å². The number of benzene rings is 2. The number of likely N-dealkylation sites (N-methyl/N-ethyl adjacent to an activating group) is 1. The van der Waals surface area contributed by atoms with Crippen LogP contribution in [0.25, 0.3) is 0 Å². The van der Waals surface area contributed by atoms with Crippen molar-refractivity contribution < 1.29 is 18.4 Å². The highest BCUT2D eigenvalue weighted by Crippen LogP contribution is 2.34. The maximum atomic E-state index is 13.7. The molecule has 1 aliphatic rings. The number of hydrogen-bond donors (Lipinski definition) is 0. The molecule has 25 heavy (non-hydrogen) atoms. The van der Waals surface area contributed by atoms with E-state index in [4.69, 9.17) is 0 Å². The first-order valence-electron chi connectivity index (χ1n) is 7.66. The Hall–Kier alpha value is -2.41. The molecule has 2 amide bonds. The number of carbonyl (C=O) groups is 2. The molecule has 0 N–H and O–H groups in total. The third-order valence-corrected chi connectivity index (χ3v) is 5.00. The second-order valence-corrected chi connectivity index (χ2v) is 6.74. The summed E-state index contributed by atoms with van der Waals surface area (Å²) in [6.07, 6.45) is 0. The van der Waals surface area contributed by atoms with Crippen LogP contribution in [0.2, 0.25) is 0 Å². The van der Waals surface area contributed by atoms with Crippen molar-refractivity contribution in [2.75, 3.05) is 24.2 Å². The van der Waals surface area contributed by atoms with Crippen LogP contribution in [0, 0.1) is 11.6 Å². The highest BCUT2D eigenvalue weighted by Gasteiger charge is 2.27. The fraction of sp³-hybridized carbons (Fsp3) is 0.222. The van der Waals surface area contributed by atoms with Crippen LogP contribution in [-0.4, -0.2) is 36.1 Å². The number of nitrogens with zero attached hydrogens (tertiary/aromatic N) is 2. The largest absolute Gasteiger partial charge is 0.340 e. The number of carbonyl (C=O) groups excluding carboxylic acids is 2. The average molecular weight is 362 g/mol. The molecule has 0 spiro atoms. The molecule has 7 heteroatoms. The number of thioether (sulfide) groups is 1. The lowest BCUT2D eigenvalue weighted by molar-refractivity contribution is -0.130. The Morgan fingerprint density at radius 1 is 1.24 bits per heavy atom. The predicted octanol–water partition coefficient (Wildman–Crippen LogP) is 3.06. The van der Waals surface area contributed by atoms with Gasteiger partial charge in [-0.3, -0.25) is 9.59 Å². The number of amides is 2. The Morgan fingerprint density at radius 2 is 2.00 bits per heavy atom. The zero-order chi connectivity index (χ0) is 18.0. The lowest BCUT2D eigenvalue weighted by Crippen LogP contribution is -2.43. The van der Waals surface area contributed by atoms with Crippen LogP contribution in [0.3, 0.4) is 0 Å². The average Bonchev–Trinajstić information content (AvgIpc) is 2.59. The van der Waals surface area contributed by atoms with Gasteiger partial charge in [0.25, 0.3) is 0 Å². The standard InChI is InChI=1S/C18H16F2N2O2S/c1-21(9-12-6-7-13(19)8-14(12)20)17(23)10-22-15-4-2-3-5-16(15)25-11-18(22)24/h2-8H,9-11H2,1H3. The van der Waals surface area contributed by atoms with Gasteiger partial charge in [0.2, 0.25) is 11.8 Å². The second kappa shape index (κ2) is 7.23. The van der Waals surface area contributed by atoms with Gasteiger partial charge in [0.1, 0.15) is 18.2 Å². The van der Waals surface area contributed by atoms with E-state index < -0.39 is 11.6 Å². The zero-order valence-electron chi connectivity index (χ0n) is 13.5. The molecule has 2 aromatic carbocycles. The van der Waals surface area contributed by atoms with Crippen LogP contribution in [-0.2, 0) is 16.1 Å². The summed E-state index contributed by atoms with van der Waals surface area (Å²) >= 11 is 1.44. The van der Waals surface area contributed by atoms with E-state index in [9.17, 15) is 18.4 Å². The monoisotopic (exact) mass is 362 g/mol. The van der Waals surface area contributed by atoms with Gasteiger partial charge >= 0.3 is 0 Å². The maximum absolute atomic E-state index is 13.7. The molecule has 0 fully saturated rings. The Labute approximate surface area is 148 Å². The fourth-order valence-electron chi connectivity index (χ4n) is 2.58. The number of rotatable bonds is 4. The van der Waals surface area contributed by atoms with Crippen molar-refractivity contribution >= 4 is 29.3 Å². The minimum absolute atomic E-state index is 0.00335. The Kier molecular flexibility index (Phi) is 5.03. The zero-order valence-corrected chi connectivity index (χ0v) is 14.4. The number of halogens is 2. The normalized spacial score (nSPS) is 13.6. The molecule has 4 nitrogen and oxygen atoms in total. The molecule has 0 radical (unpaired) electrons. The van der Waals surface area contributed by atoms with E-state index >= 15 is 0 Å². The maximum Gasteiger partial charge on any atom is 0.242 e. The van der Waals surface area contributed by atoms with Crippen molar-refractivity contribution in [2.24, 2.45) is 0 Å². The topological polar surface area (TPSA) is 40.6 Å². The smallest absolute Gasteiger partial charge is 0.242 e. The Balaban J connectivity index is 1.72. The number of anilines is 1. The van der Waals surface area contributed by atoms with Crippen molar-refractivity contribution in [2.45, 2.75) is 11.4 Å². The highest BCUT2D eigenvalue weighted by atomic mass is 32.2. The number of hydrogen-bond acceptors (Lipinski definition) is 3. The highest BCUT2D eigenvalue weighted by molar-refractivity contribution is 8.00. The molecule has 0 saturated heterocycles. The minimum atomic E-state index is -0.699. The summed E-state index contributed by atoms with van der Waals surface area (Å²) < 4.78 is 26.7. The molecule has 1 aliphatic heterocycles. The third kappa shape index (κ3) is 3.82. The van der Waals surface area contributed by atoms with Gasteiger partial charge in [-0.1, -0.05) is 18.2 Å². The minimum Gasteiger partial charge on any atom is -0.340 e. The van der Waals surface area contributed by atoms with E-state index in [-0.39, 0.29) is 36.2 Å². The van der Waals surface area contributed by atoms with Crippen LogP contribution in [0.15, 0.2) is 47.4 Å². The molecule has 0 saturated carbocycles. The third-order valence-electron chi connectivity index (χ3n) is 3.95. The fourth-order valence-corrected chi connectivity index (χ4v) is 3.51. The summed E-state index contributed by atoms with van der Waals surface area (Å²) in [5, 5.41) is 0. The summed E-state index contributed by atoms with van der Waals surface area (Å²) in [5.74, 6) is -1.54. The molecule has 2 aromatic rings. The van der Waals surface area contributed by atoms with E-state index in [1.54, 1.807) is 6.07 Å². The molecule has 0 bridgehead atoms. The molecule has 3 rings (SSSR count). The van der Waals surface area contributed by atoms with Crippen molar-refractivity contribution in [1.82, 2.24) is 4.90 Å². The van der Waals surface area contributed by atoms with Crippen molar-refractivity contribution in [3.8, 4) is 0 Å². The van der Waals surface area contributed by atoms with Gasteiger partial charge in [-0.2, -0.15) is 0 Å². The lowest BCUT2D eigenvalue weighted by atomic mass is 10.2. The molecule has 0 unspecified atom stereocenters. The Morgan fingerprint density at radius 3 is 2.76 bits per heavy atom.